The second-order valence-corrected chi connectivity index (χ2v) is 5.04. The van der Waals surface area contributed by atoms with E-state index in [2.05, 4.69) is 5.32 Å². The maximum atomic E-state index is 13.3. The normalized spacial score (nSPS) is 10.4. The lowest BCUT2D eigenvalue weighted by Gasteiger charge is -2.20. The van der Waals surface area contributed by atoms with Crippen LogP contribution in [0.1, 0.15) is 5.56 Å². The van der Waals surface area contributed by atoms with Crippen LogP contribution in [0.2, 0.25) is 5.02 Å². The molecule has 0 fully saturated rings. The van der Waals surface area contributed by atoms with Gasteiger partial charge in [0.25, 0.3) is 0 Å². The number of benzene rings is 2. The van der Waals surface area contributed by atoms with Crippen LogP contribution < -0.4 is 10.2 Å². The summed E-state index contributed by atoms with van der Waals surface area (Å²) < 4.78 is 13.3. The van der Waals surface area contributed by atoms with Gasteiger partial charge in [-0.05, 0) is 18.2 Å². The van der Waals surface area contributed by atoms with E-state index in [1.54, 1.807) is 12.1 Å². The molecule has 0 unspecified atom stereocenters. The summed E-state index contributed by atoms with van der Waals surface area (Å²) in [4.78, 5) is 1.90. The van der Waals surface area contributed by atoms with Crippen molar-refractivity contribution in [2.45, 2.75) is 6.54 Å². The number of phenolic OH excluding ortho intramolecular Hbond substituents is 1. The van der Waals surface area contributed by atoms with Gasteiger partial charge in [-0.25, -0.2) is 4.39 Å². The fraction of sp³-hybridized carbons (Fsp3) is 0.200. The summed E-state index contributed by atoms with van der Waals surface area (Å²) in [5.74, 6) is -0.948. The van der Waals surface area contributed by atoms with E-state index in [-0.39, 0.29) is 5.75 Å². The van der Waals surface area contributed by atoms with E-state index in [1.165, 1.54) is 6.07 Å². The Bertz CT molecular complexity index is 617. The van der Waals surface area contributed by atoms with Crippen molar-refractivity contribution in [3.05, 3.63) is 52.8 Å². The average molecular weight is 295 g/mol. The molecule has 0 bridgehead atoms. The van der Waals surface area contributed by atoms with Gasteiger partial charge in [-0.15, -0.1) is 0 Å². The predicted octanol–water partition coefficient (Wildman–Crippen LogP) is 3.86. The molecule has 3 nitrogen and oxygen atoms in total. The molecule has 0 saturated carbocycles. The van der Waals surface area contributed by atoms with E-state index in [1.807, 2.05) is 37.2 Å². The Hall–Kier alpha value is -1.94. The first kappa shape index (κ1) is 14.5. The first-order valence-corrected chi connectivity index (χ1v) is 6.54. The molecule has 0 aliphatic heterocycles. The summed E-state index contributed by atoms with van der Waals surface area (Å²) in [5, 5.41) is 13.5. The number of hydrogen-bond acceptors (Lipinski definition) is 3. The number of anilines is 2. The molecule has 0 heterocycles. The number of nitrogens with zero attached hydrogens (tertiary/aromatic N) is 1. The highest BCUT2D eigenvalue weighted by Gasteiger charge is 2.10. The van der Waals surface area contributed by atoms with Crippen LogP contribution in [0.15, 0.2) is 36.4 Å². The van der Waals surface area contributed by atoms with E-state index in [0.717, 1.165) is 11.4 Å². The van der Waals surface area contributed by atoms with Crippen LogP contribution in [0.4, 0.5) is 15.8 Å². The first-order valence-electron chi connectivity index (χ1n) is 6.16. The van der Waals surface area contributed by atoms with Crippen molar-refractivity contribution >= 4 is 23.0 Å². The van der Waals surface area contributed by atoms with E-state index >= 15 is 0 Å². The van der Waals surface area contributed by atoms with Crippen molar-refractivity contribution in [1.82, 2.24) is 0 Å². The highest BCUT2D eigenvalue weighted by Crippen LogP contribution is 2.33. The third-order valence-electron chi connectivity index (χ3n) is 2.97. The Labute approximate surface area is 122 Å². The van der Waals surface area contributed by atoms with Gasteiger partial charge in [0.15, 0.2) is 11.6 Å². The van der Waals surface area contributed by atoms with Crippen LogP contribution in [0.3, 0.4) is 0 Å². The highest BCUT2D eigenvalue weighted by atomic mass is 35.5. The molecule has 2 rings (SSSR count). The monoisotopic (exact) mass is 294 g/mol. The minimum atomic E-state index is -0.622. The molecule has 106 valence electrons. The molecule has 0 radical (unpaired) electrons. The van der Waals surface area contributed by atoms with Gasteiger partial charge in [0.2, 0.25) is 0 Å². The lowest BCUT2D eigenvalue weighted by Crippen LogP contribution is -2.13. The molecule has 0 aliphatic carbocycles. The topological polar surface area (TPSA) is 35.5 Å². The third kappa shape index (κ3) is 2.96. The van der Waals surface area contributed by atoms with Crippen LogP contribution in [0.5, 0.6) is 5.75 Å². The van der Waals surface area contributed by atoms with E-state index in [0.29, 0.717) is 17.1 Å². The van der Waals surface area contributed by atoms with Crippen LogP contribution in [0, 0.1) is 5.82 Å². The molecule has 0 amide bonds. The van der Waals surface area contributed by atoms with Crippen molar-refractivity contribution in [2.24, 2.45) is 0 Å². The summed E-state index contributed by atoms with van der Waals surface area (Å²) in [6, 6.07) is 9.99. The average Bonchev–Trinajstić information content (AvgIpc) is 2.40. The molecular weight excluding hydrogens is 279 g/mol. The summed E-state index contributed by atoms with van der Waals surface area (Å²) >= 11 is 6.17. The summed E-state index contributed by atoms with van der Waals surface area (Å²) in [6.45, 7) is 0.310. The molecular formula is C15H16ClFN2O. The largest absolute Gasteiger partial charge is 0.505 e. The maximum Gasteiger partial charge on any atom is 0.165 e. The summed E-state index contributed by atoms with van der Waals surface area (Å²) in [7, 11) is 3.79. The Balaban J connectivity index is 2.23. The van der Waals surface area contributed by atoms with Crippen LogP contribution >= 0.6 is 11.6 Å². The zero-order valence-corrected chi connectivity index (χ0v) is 12.1. The first-order chi connectivity index (χ1) is 9.50. The van der Waals surface area contributed by atoms with Gasteiger partial charge < -0.3 is 15.3 Å². The molecule has 2 aromatic rings. The second kappa shape index (κ2) is 6.01. The van der Waals surface area contributed by atoms with Crippen LogP contribution in [0.25, 0.3) is 0 Å². The van der Waals surface area contributed by atoms with Gasteiger partial charge >= 0.3 is 0 Å². The molecule has 5 heteroatoms. The quantitative estimate of drug-likeness (QED) is 0.899. The molecule has 0 aromatic heterocycles. The fourth-order valence-corrected chi connectivity index (χ4v) is 2.35. The van der Waals surface area contributed by atoms with Crippen molar-refractivity contribution in [1.29, 1.82) is 0 Å². The Morgan fingerprint density at radius 3 is 2.60 bits per heavy atom. The van der Waals surface area contributed by atoms with Gasteiger partial charge in [0.1, 0.15) is 0 Å². The van der Waals surface area contributed by atoms with Crippen molar-refractivity contribution in [3.8, 4) is 5.75 Å². The smallest absolute Gasteiger partial charge is 0.165 e. The van der Waals surface area contributed by atoms with E-state index < -0.39 is 5.82 Å². The molecule has 0 atom stereocenters. The maximum absolute atomic E-state index is 13.3. The van der Waals surface area contributed by atoms with Gasteiger partial charge in [0.05, 0.1) is 16.4 Å². The number of phenols is 1. The number of hydrogen-bond donors (Lipinski definition) is 2. The minimum absolute atomic E-state index is 0.310. The number of para-hydroxylation sites is 2. The molecule has 0 aliphatic rings. The lowest BCUT2D eigenvalue weighted by atomic mass is 10.2. The standard InChI is InChI=1S/C15H16ClFN2O/c1-19(2)14-11(16)6-4-8-13(14)18-9-10-5-3-7-12(17)15(10)20/h3-8,18,20H,9H2,1-2H3. The van der Waals surface area contributed by atoms with Crippen molar-refractivity contribution < 1.29 is 9.50 Å². The molecule has 20 heavy (non-hydrogen) atoms. The Kier molecular flexibility index (Phi) is 4.35. The third-order valence-corrected chi connectivity index (χ3v) is 3.28. The molecule has 0 saturated heterocycles. The number of nitrogens with one attached hydrogen (secondary N) is 1. The minimum Gasteiger partial charge on any atom is -0.505 e. The second-order valence-electron chi connectivity index (χ2n) is 4.63. The Morgan fingerprint density at radius 1 is 1.20 bits per heavy atom. The number of rotatable bonds is 4. The summed E-state index contributed by atoms with van der Waals surface area (Å²) in [5.41, 5.74) is 2.17. The Morgan fingerprint density at radius 2 is 1.90 bits per heavy atom. The summed E-state index contributed by atoms with van der Waals surface area (Å²) in [6.07, 6.45) is 0. The fourth-order valence-electron chi connectivity index (χ4n) is 2.01. The van der Waals surface area contributed by atoms with E-state index in [4.69, 9.17) is 11.6 Å². The lowest BCUT2D eigenvalue weighted by molar-refractivity contribution is 0.427. The molecule has 2 aromatic carbocycles. The molecule has 0 spiro atoms. The van der Waals surface area contributed by atoms with Gasteiger partial charge in [-0.2, -0.15) is 0 Å². The van der Waals surface area contributed by atoms with Crippen LogP contribution in [-0.4, -0.2) is 19.2 Å². The van der Waals surface area contributed by atoms with Crippen molar-refractivity contribution in [2.75, 3.05) is 24.3 Å². The van der Waals surface area contributed by atoms with Gasteiger partial charge in [-0.3, -0.25) is 0 Å². The van der Waals surface area contributed by atoms with Crippen LogP contribution in [-0.2, 0) is 6.54 Å². The van der Waals surface area contributed by atoms with Crippen molar-refractivity contribution in [3.63, 3.8) is 0 Å². The van der Waals surface area contributed by atoms with Gasteiger partial charge in [0, 0.05) is 26.2 Å². The van der Waals surface area contributed by atoms with Gasteiger partial charge in [-0.1, -0.05) is 29.8 Å². The number of halogens is 2. The molecule has 2 N–H and O–H groups in total. The zero-order valence-electron chi connectivity index (χ0n) is 11.3. The van der Waals surface area contributed by atoms with E-state index in [9.17, 15) is 9.50 Å². The number of aromatic hydroxyl groups is 1. The zero-order chi connectivity index (χ0) is 14.7. The SMILES string of the molecule is CN(C)c1c(Cl)cccc1NCc1cccc(F)c1O. The highest BCUT2D eigenvalue weighted by molar-refractivity contribution is 6.34. The predicted molar refractivity (Wildman–Crippen MR) is 81.2 cm³/mol.